The number of sulfonamides is 1. The molecule has 0 bridgehead atoms. The number of fused-ring (bicyclic) bond motifs is 1. The Hall–Kier alpha value is -3.30. The summed E-state index contributed by atoms with van der Waals surface area (Å²) >= 11 is 0. The SMILES string of the molecule is Cc1cc(C)c(S(=O)(=O)N[C@@H](C)CNc2c(F)ccc3c2cnn3-c2ccc(F)cc2)c(C)c1. The van der Waals surface area contributed by atoms with Gasteiger partial charge in [-0.1, -0.05) is 17.7 Å². The lowest BCUT2D eigenvalue weighted by atomic mass is 10.1. The maximum Gasteiger partial charge on any atom is 0.241 e. The first-order valence-corrected chi connectivity index (χ1v) is 12.3. The molecule has 0 aliphatic carbocycles. The fourth-order valence-electron chi connectivity index (χ4n) is 4.25. The van der Waals surface area contributed by atoms with Gasteiger partial charge in [0.2, 0.25) is 10.0 Å². The zero-order valence-corrected chi connectivity index (χ0v) is 20.2. The molecule has 6 nitrogen and oxygen atoms in total. The van der Waals surface area contributed by atoms with Gasteiger partial charge in [-0.05, 0) is 75.2 Å². The van der Waals surface area contributed by atoms with Crippen LogP contribution in [0.4, 0.5) is 14.5 Å². The molecule has 0 radical (unpaired) electrons. The van der Waals surface area contributed by atoms with Gasteiger partial charge in [-0.15, -0.1) is 0 Å². The molecule has 0 aliphatic rings. The molecular weight excluding hydrogens is 458 g/mol. The lowest BCUT2D eigenvalue weighted by molar-refractivity contribution is 0.564. The molecule has 0 spiro atoms. The Bertz CT molecular complexity index is 1440. The van der Waals surface area contributed by atoms with E-state index in [1.807, 2.05) is 19.1 Å². The predicted molar refractivity (Wildman–Crippen MR) is 130 cm³/mol. The number of aromatic nitrogens is 2. The number of benzene rings is 3. The van der Waals surface area contributed by atoms with Gasteiger partial charge in [0.1, 0.15) is 11.6 Å². The minimum absolute atomic E-state index is 0.154. The van der Waals surface area contributed by atoms with Crippen molar-refractivity contribution in [3.63, 3.8) is 0 Å². The van der Waals surface area contributed by atoms with Gasteiger partial charge in [0, 0.05) is 18.0 Å². The average Bonchev–Trinajstić information content (AvgIpc) is 3.16. The Morgan fingerprint density at radius 2 is 1.65 bits per heavy atom. The van der Waals surface area contributed by atoms with Crippen molar-refractivity contribution in [3.05, 3.63) is 83.1 Å². The lowest BCUT2D eigenvalue weighted by Crippen LogP contribution is -2.38. The van der Waals surface area contributed by atoms with Gasteiger partial charge in [-0.2, -0.15) is 5.10 Å². The minimum Gasteiger partial charge on any atom is -0.380 e. The van der Waals surface area contributed by atoms with E-state index in [0.29, 0.717) is 27.7 Å². The first-order valence-electron chi connectivity index (χ1n) is 10.8. The van der Waals surface area contributed by atoms with Crippen LogP contribution >= 0.6 is 0 Å². The second-order valence-corrected chi connectivity index (χ2v) is 10.2. The summed E-state index contributed by atoms with van der Waals surface area (Å²) in [5.74, 6) is -0.840. The van der Waals surface area contributed by atoms with Gasteiger partial charge in [0.15, 0.2) is 0 Å². The number of aryl methyl sites for hydroxylation is 3. The molecule has 9 heteroatoms. The number of anilines is 1. The number of hydrogen-bond acceptors (Lipinski definition) is 4. The summed E-state index contributed by atoms with van der Waals surface area (Å²) < 4.78 is 58.3. The monoisotopic (exact) mass is 484 g/mol. The van der Waals surface area contributed by atoms with Crippen LogP contribution < -0.4 is 10.0 Å². The zero-order chi connectivity index (χ0) is 24.6. The molecule has 4 rings (SSSR count). The van der Waals surface area contributed by atoms with Crippen molar-refractivity contribution in [2.75, 3.05) is 11.9 Å². The van der Waals surface area contributed by atoms with Crippen LogP contribution in [0.15, 0.2) is 59.6 Å². The minimum atomic E-state index is -3.76. The number of hydrogen-bond donors (Lipinski definition) is 2. The number of nitrogens with one attached hydrogen (secondary N) is 2. The van der Waals surface area contributed by atoms with E-state index >= 15 is 0 Å². The average molecular weight is 485 g/mol. The van der Waals surface area contributed by atoms with Crippen LogP contribution in [0.5, 0.6) is 0 Å². The lowest BCUT2D eigenvalue weighted by Gasteiger charge is -2.19. The van der Waals surface area contributed by atoms with Crippen LogP contribution in [0.3, 0.4) is 0 Å². The van der Waals surface area contributed by atoms with Crippen molar-refractivity contribution in [2.24, 2.45) is 0 Å². The standard InChI is InChI=1S/C25H26F2N4O2S/c1-15-11-16(2)25(17(3)12-15)34(32,33)30-18(4)13-28-24-21-14-29-31(23(21)10-9-22(24)27)20-7-5-19(26)6-8-20/h5-12,14,18,28,30H,13H2,1-4H3/t18-/m0/s1. The third-order valence-electron chi connectivity index (χ3n) is 5.59. The summed E-state index contributed by atoms with van der Waals surface area (Å²) in [5, 5.41) is 7.88. The fraction of sp³-hybridized carbons (Fsp3) is 0.240. The summed E-state index contributed by atoms with van der Waals surface area (Å²) in [6, 6.07) is 11.9. The molecule has 1 atom stereocenters. The van der Waals surface area contributed by atoms with Crippen LogP contribution in [-0.2, 0) is 10.0 Å². The Labute approximate surface area is 197 Å². The molecule has 0 amide bonds. The van der Waals surface area contributed by atoms with Gasteiger partial charge >= 0.3 is 0 Å². The summed E-state index contributed by atoms with van der Waals surface area (Å²) in [4.78, 5) is 0.263. The van der Waals surface area contributed by atoms with Crippen molar-refractivity contribution < 1.29 is 17.2 Å². The van der Waals surface area contributed by atoms with Crippen LogP contribution in [0.1, 0.15) is 23.6 Å². The molecule has 0 saturated carbocycles. The fourth-order valence-corrected chi connectivity index (χ4v) is 5.95. The highest BCUT2D eigenvalue weighted by atomic mass is 32.2. The Kier molecular flexibility index (Phi) is 6.42. The van der Waals surface area contributed by atoms with E-state index < -0.39 is 21.9 Å². The summed E-state index contributed by atoms with van der Waals surface area (Å²) in [7, 11) is -3.76. The second-order valence-electron chi connectivity index (χ2n) is 8.52. The van der Waals surface area contributed by atoms with Gasteiger partial charge in [-0.3, -0.25) is 0 Å². The zero-order valence-electron chi connectivity index (χ0n) is 19.4. The normalized spacial score (nSPS) is 12.8. The molecule has 178 valence electrons. The molecule has 0 unspecified atom stereocenters. The molecular formula is C25H26F2N4O2S. The van der Waals surface area contributed by atoms with E-state index in [0.717, 1.165) is 5.56 Å². The van der Waals surface area contributed by atoms with Crippen LogP contribution in [0.25, 0.3) is 16.6 Å². The van der Waals surface area contributed by atoms with Crippen LogP contribution in [0.2, 0.25) is 0 Å². The van der Waals surface area contributed by atoms with Gasteiger partial charge < -0.3 is 5.32 Å². The first-order chi connectivity index (χ1) is 16.1. The second kappa shape index (κ2) is 9.15. The Morgan fingerprint density at radius 3 is 2.29 bits per heavy atom. The summed E-state index contributed by atoms with van der Waals surface area (Å²) in [6.45, 7) is 7.33. The van der Waals surface area contributed by atoms with E-state index in [1.54, 1.807) is 43.7 Å². The quantitative estimate of drug-likeness (QED) is 0.387. The number of halogens is 2. The van der Waals surface area contributed by atoms with Gasteiger partial charge in [-0.25, -0.2) is 26.6 Å². The highest BCUT2D eigenvalue weighted by Crippen LogP contribution is 2.28. The number of rotatable bonds is 7. The summed E-state index contributed by atoms with van der Waals surface area (Å²) in [5.41, 5.74) is 3.84. The van der Waals surface area contributed by atoms with E-state index in [2.05, 4.69) is 15.1 Å². The topological polar surface area (TPSA) is 76.0 Å². The molecule has 0 fully saturated rings. The third-order valence-corrected chi connectivity index (χ3v) is 7.48. The molecule has 1 aromatic heterocycles. The Balaban J connectivity index is 1.55. The van der Waals surface area contributed by atoms with Gasteiger partial charge in [0.25, 0.3) is 0 Å². The Morgan fingerprint density at radius 1 is 1.00 bits per heavy atom. The smallest absolute Gasteiger partial charge is 0.241 e. The maximum absolute atomic E-state index is 14.7. The molecule has 34 heavy (non-hydrogen) atoms. The predicted octanol–water partition coefficient (Wildman–Crippen LogP) is 5.01. The van der Waals surface area contributed by atoms with Crippen molar-refractivity contribution in [3.8, 4) is 5.69 Å². The van der Waals surface area contributed by atoms with Crippen LogP contribution in [0, 0.1) is 32.4 Å². The van der Waals surface area contributed by atoms with E-state index in [-0.39, 0.29) is 22.9 Å². The van der Waals surface area contributed by atoms with Gasteiger partial charge in [0.05, 0.1) is 28.0 Å². The molecule has 2 N–H and O–H groups in total. The highest BCUT2D eigenvalue weighted by Gasteiger charge is 2.22. The van der Waals surface area contributed by atoms with Crippen molar-refractivity contribution in [1.29, 1.82) is 0 Å². The first kappa shape index (κ1) is 23.8. The highest BCUT2D eigenvalue weighted by molar-refractivity contribution is 7.89. The van der Waals surface area contributed by atoms with Crippen molar-refractivity contribution in [2.45, 2.75) is 38.6 Å². The van der Waals surface area contributed by atoms with Crippen LogP contribution in [-0.4, -0.2) is 30.8 Å². The molecule has 1 heterocycles. The van der Waals surface area contributed by atoms with Crippen molar-refractivity contribution >= 4 is 26.6 Å². The third kappa shape index (κ3) is 4.67. The molecule has 0 aliphatic heterocycles. The largest absolute Gasteiger partial charge is 0.380 e. The van der Waals surface area contributed by atoms with E-state index in [4.69, 9.17) is 0 Å². The molecule has 3 aromatic carbocycles. The molecule has 0 saturated heterocycles. The number of nitrogens with zero attached hydrogens (tertiary/aromatic N) is 2. The summed E-state index contributed by atoms with van der Waals surface area (Å²) in [6.07, 6.45) is 1.53. The van der Waals surface area contributed by atoms with Crippen molar-refractivity contribution in [1.82, 2.24) is 14.5 Å². The molecule has 4 aromatic rings. The van der Waals surface area contributed by atoms with E-state index in [9.17, 15) is 17.2 Å². The maximum atomic E-state index is 14.7. The van der Waals surface area contributed by atoms with E-state index in [1.165, 1.54) is 24.4 Å².